The molecule has 0 radical (unpaired) electrons. The van der Waals surface area contributed by atoms with Crippen LogP contribution in [0.15, 0.2) is 4.99 Å². The second kappa shape index (κ2) is 5.11. The molecule has 2 saturated heterocycles. The molecule has 0 bridgehead atoms. The molecule has 2 aliphatic heterocycles. The molecule has 5 rings (SSSR count). The third kappa shape index (κ3) is 1.96. The van der Waals surface area contributed by atoms with Crippen LogP contribution in [0.3, 0.4) is 0 Å². The van der Waals surface area contributed by atoms with Crippen LogP contribution in [0.25, 0.3) is 0 Å². The SMILES string of the molecule is CN=C(NC1C2CCOC2C12CCC2)N1CCC2(CCCC2)C1. The highest BCUT2D eigenvalue weighted by Gasteiger charge is 2.67. The van der Waals surface area contributed by atoms with Crippen molar-refractivity contribution in [3.8, 4) is 0 Å². The van der Waals surface area contributed by atoms with Crippen molar-refractivity contribution < 1.29 is 4.74 Å². The van der Waals surface area contributed by atoms with Crippen molar-refractivity contribution in [2.24, 2.45) is 21.7 Å². The summed E-state index contributed by atoms with van der Waals surface area (Å²) >= 11 is 0. The molecule has 128 valence electrons. The zero-order chi connectivity index (χ0) is 15.5. The van der Waals surface area contributed by atoms with E-state index in [0.29, 0.717) is 23.0 Å². The van der Waals surface area contributed by atoms with Crippen molar-refractivity contribution in [3.63, 3.8) is 0 Å². The predicted molar refractivity (Wildman–Crippen MR) is 91.5 cm³/mol. The molecule has 0 amide bonds. The number of likely N-dealkylation sites (tertiary alicyclic amines) is 1. The van der Waals surface area contributed by atoms with E-state index in [1.807, 2.05) is 7.05 Å². The highest BCUT2D eigenvalue weighted by molar-refractivity contribution is 5.81. The van der Waals surface area contributed by atoms with Crippen molar-refractivity contribution in [1.29, 1.82) is 0 Å². The van der Waals surface area contributed by atoms with Crippen LogP contribution in [0.2, 0.25) is 0 Å². The first kappa shape index (κ1) is 14.6. The fourth-order valence-electron chi connectivity index (χ4n) is 6.54. The fourth-order valence-corrected chi connectivity index (χ4v) is 6.54. The molecule has 5 aliphatic rings. The summed E-state index contributed by atoms with van der Waals surface area (Å²) in [7, 11) is 1.97. The number of nitrogens with one attached hydrogen (secondary N) is 1. The van der Waals surface area contributed by atoms with Gasteiger partial charge < -0.3 is 15.0 Å². The van der Waals surface area contributed by atoms with Crippen LogP contribution in [-0.2, 0) is 4.74 Å². The van der Waals surface area contributed by atoms with Crippen LogP contribution in [0, 0.1) is 16.7 Å². The Kier molecular flexibility index (Phi) is 3.24. The van der Waals surface area contributed by atoms with Crippen LogP contribution < -0.4 is 5.32 Å². The molecule has 2 spiro atoms. The van der Waals surface area contributed by atoms with Crippen LogP contribution in [0.4, 0.5) is 0 Å². The van der Waals surface area contributed by atoms with E-state index >= 15 is 0 Å². The van der Waals surface area contributed by atoms with Gasteiger partial charge in [0, 0.05) is 44.1 Å². The van der Waals surface area contributed by atoms with E-state index in [2.05, 4.69) is 15.2 Å². The van der Waals surface area contributed by atoms with E-state index in [0.717, 1.165) is 12.5 Å². The standard InChI is InChI=1S/C19H31N3O/c1-20-17(22-11-10-18(13-22)6-2-3-7-18)21-15-14-5-12-23-16(14)19(15)8-4-9-19/h14-16H,2-13H2,1H3,(H,20,21). The summed E-state index contributed by atoms with van der Waals surface area (Å²) in [5.41, 5.74) is 1.06. The molecular formula is C19H31N3O. The Bertz CT molecular complexity index is 507. The molecular weight excluding hydrogens is 286 g/mol. The van der Waals surface area contributed by atoms with Gasteiger partial charge in [-0.2, -0.15) is 0 Å². The van der Waals surface area contributed by atoms with Gasteiger partial charge >= 0.3 is 0 Å². The maximum Gasteiger partial charge on any atom is 0.193 e. The summed E-state index contributed by atoms with van der Waals surface area (Å²) in [6, 6.07) is 0.613. The zero-order valence-electron chi connectivity index (χ0n) is 14.5. The van der Waals surface area contributed by atoms with Gasteiger partial charge in [0.2, 0.25) is 0 Å². The number of nitrogens with zero attached hydrogens (tertiary/aromatic N) is 2. The molecule has 1 N–H and O–H groups in total. The molecule has 4 nitrogen and oxygen atoms in total. The fraction of sp³-hybridized carbons (Fsp3) is 0.947. The Balaban J connectivity index is 1.29. The monoisotopic (exact) mass is 317 g/mol. The topological polar surface area (TPSA) is 36.9 Å². The van der Waals surface area contributed by atoms with E-state index in [4.69, 9.17) is 4.74 Å². The number of fused-ring (bicyclic) bond motifs is 2. The Morgan fingerprint density at radius 3 is 2.65 bits per heavy atom. The summed E-state index contributed by atoms with van der Waals surface area (Å²) in [5.74, 6) is 1.91. The van der Waals surface area contributed by atoms with Crippen molar-refractivity contribution in [1.82, 2.24) is 10.2 Å². The van der Waals surface area contributed by atoms with E-state index in [1.165, 1.54) is 76.8 Å². The maximum atomic E-state index is 6.06. The summed E-state index contributed by atoms with van der Waals surface area (Å²) in [6.07, 6.45) is 13.0. The van der Waals surface area contributed by atoms with E-state index in [-0.39, 0.29) is 0 Å². The van der Waals surface area contributed by atoms with Gasteiger partial charge in [-0.05, 0) is 43.9 Å². The Labute approximate surface area is 140 Å². The van der Waals surface area contributed by atoms with Gasteiger partial charge in [-0.15, -0.1) is 0 Å². The lowest BCUT2D eigenvalue weighted by atomic mass is 9.46. The molecule has 2 heterocycles. The van der Waals surface area contributed by atoms with Crippen LogP contribution in [0.5, 0.6) is 0 Å². The number of hydrogen-bond acceptors (Lipinski definition) is 2. The first-order valence-electron chi connectivity index (χ1n) is 9.86. The van der Waals surface area contributed by atoms with Gasteiger partial charge in [-0.1, -0.05) is 19.3 Å². The summed E-state index contributed by atoms with van der Waals surface area (Å²) < 4.78 is 6.06. The smallest absolute Gasteiger partial charge is 0.193 e. The Morgan fingerprint density at radius 1 is 1.13 bits per heavy atom. The maximum absolute atomic E-state index is 6.06. The number of rotatable bonds is 1. The van der Waals surface area contributed by atoms with Gasteiger partial charge in [0.15, 0.2) is 5.96 Å². The zero-order valence-corrected chi connectivity index (χ0v) is 14.5. The van der Waals surface area contributed by atoms with Gasteiger partial charge in [0.1, 0.15) is 0 Å². The second-order valence-electron chi connectivity index (χ2n) is 8.88. The number of hydrogen-bond donors (Lipinski definition) is 1. The molecule has 0 aromatic rings. The minimum atomic E-state index is 0.446. The number of ether oxygens (including phenoxy) is 1. The predicted octanol–water partition coefficient (Wildman–Crippen LogP) is 2.79. The molecule has 3 aliphatic carbocycles. The third-order valence-corrected chi connectivity index (χ3v) is 7.93. The van der Waals surface area contributed by atoms with Gasteiger partial charge in [-0.3, -0.25) is 4.99 Å². The van der Waals surface area contributed by atoms with Crippen LogP contribution in [-0.4, -0.2) is 49.7 Å². The summed E-state index contributed by atoms with van der Waals surface area (Å²) in [6.45, 7) is 3.40. The van der Waals surface area contributed by atoms with E-state index in [9.17, 15) is 0 Å². The molecule has 23 heavy (non-hydrogen) atoms. The largest absolute Gasteiger partial charge is 0.377 e. The molecule has 5 fully saturated rings. The minimum Gasteiger partial charge on any atom is -0.377 e. The highest BCUT2D eigenvalue weighted by atomic mass is 16.5. The number of guanidine groups is 1. The molecule has 3 atom stereocenters. The lowest BCUT2D eigenvalue weighted by molar-refractivity contribution is -0.171. The summed E-state index contributed by atoms with van der Waals surface area (Å²) in [4.78, 5) is 7.23. The van der Waals surface area contributed by atoms with Crippen molar-refractivity contribution in [2.45, 2.75) is 69.9 Å². The highest BCUT2D eigenvalue weighted by Crippen LogP contribution is 2.62. The normalized spacial score (nSPS) is 40.3. The molecule has 3 unspecified atom stereocenters. The van der Waals surface area contributed by atoms with Crippen molar-refractivity contribution in [2.75, 3.05) is 26.7 Å². The third-order valence-electron chi connectivity index (χ3n) is 7.93. The van der Waals surface area contributed by atoms with Crippen molar-refractivity contribution in [3.05, 3.63) is 0 Å². The lowest BCUT2D eigenvalue weighted by Gasteiger charge is -2.63. The van der Waals surface area contributed by atoms with Gasteiger partial charge in [0.25, 0.3) is 0 Å². The molecule has 3 saturated carbocycles. The average Bonchev–Trinajstić information content (AvgIpc) is 3.22. The van der Waals surface area contributed by atoms with Crippen LogP contribution >= 0.6 is 0 Å². The molecule has 0 aromatic heterocycles. The van der Waals surface area contributed by atoms with E-state index in [1.54, 1.807) is 0 Å². The van der Waals surface area contributed by atoms with Gasteiger partial charge in [-0.25, -0.2) is 0 Å². The Hall–Kier alpha value is -0.770. The Morgan fingerprint density at radius 2 is 1.96 bits per heavy atom. The quantitative estimate of drug-likeness (QED) is 0.597. The number of aliphatic imine (C=N–C) groups is 1. The minimum absolute atomic E-state index is 0.446. The van der Waals surface area contributed by atoms with Gasteiger partial charge in [0.05, 0.1) is 6.10 Å². The first-order chi connectivity index (χ1) is 11.3. The average molecular weight is 317 g/mol. The molecule has 0 aromatic carbocycles. The lowest BCUT2D eigenvalue weighted by Crippen LogP contribution is -2.72. The van der Waals surface area contributed by atoms with Crippen LogP contribution in [0.1, 0.15) is 57.8 Å². The molecule has 4 heteroatoms. The van der Waals surface area contributed by atoms with Crippen molar-refractivity contribution >= 4 is 5.96 Å². The second-order valence-corrected chi connectivity index (χ2v) is 8.88. The van der Waals surface area contributed by atoms with E-state index < -0.39 is 0 Å². The first-order valence-corrected chi connectivity index (χ1v) is 9.86. The summed E-state index contributed by atoms with van der Waals surface area (Å²) in [5, 5.41) is 3.91.